The lowest BCUT2D eigenvalue weighted by atomic mass is 10.00. The Kier molecular flexibility index (Phi) is 4.18. The standard InChI is InChI=1S/C19H17N3O3/c20-15-7-5-11(9-14(15)13-3-1-2-4-17(13)23)19(25)22-12-6-8-18(24)16(21)10-12/h1-10,23-24H,20-21H2,(H,22,25). The number of hydrogen-bond donors (Lipinski definition) is 5. The average Bonchev–Trinajstić information content (AvgIpc) is 2.59. The van der Waals surface area contributed by atoms with Gasteiger partial charge in [0, 0.05) is 28.1 Å². The number of nitrogens with two attached hydrogens (primary N) is 2. The van der Waals surface area contributed by atoms with Crippen molar-refractivity contribution in [3.8, 4) is 22.6 Å². The molecule has 3 aromatic rings. The minimum absolute atomic E-state index is 0.0488. The Morgan fingerprint density at radius 2 is 1.56 bits per heavy atom. The largest absolute Gasteiger partial charge is 0.507 e. The van der Waals surface area contributed by atoms with E-state index in [4.69, 9.17) is 11.5 Å². The van der Waals surface area contributed by atoms with E-state index in [0.717, 1.165) is 0 Å². The highest BCUT2D eigenvalue weighted by atomic mass is 16.3. The van der Waals surface area contributed by atoms with E-state index in [1.54, 1.807) is 48.5 Å². The number of phenolic OH excluding ortho intramolecular Hbond substituents is 2. The molecule has 0 bridgehead atoms. The monoisotopic (exact) mass is 335 g/mol. The number of nitrogens with one attached hydrogen (secondary N) is 1. The maximum absolute atomic E-state index is 12.5. The van der Waals surface area contributed by atoms with Crippen LogP contribution in [0.15, 0.2) is 60.7 Å². The molecule has 0 heterocycles. The van der Waals surface area contributed by atoms with E-state index in [1.807, 2.05) is 0 Å². The Hall–Kier alpha value is -3.67. The molecular formula is C19H17N3O3. The summed E-state index contributed by atoms with van der Waals surface area (Å²) in [5.41, 5.74) is 14.2. The number of aromatic hydroxyl groups is 2. The van der Waals surface area contributed by atoms with Crippen molar-refractivity contribution in [3.63, 3.8) is 0 Å². The molecule has 0 radical (unpaired) electrons. The summed E-state index contributed by atoms with van der Waals surface area (Å²) >= 11 is 0. The summed E-state index contributed by atoms with van der Waals surface area (Å²) in [5.74, 6) is -0.327. The molecule has 0 fully saturated rings. The van der Waals surface area contributed by atoms with Crippen molar-refractivity contribution in [2.45, 2.75) is 0 Å². The average molecular weight is 335 g/mol. The highest BCUT2D eigenvalue weighted by Gasteiger charge is 2.13. The Morgan fingerprint density at radius 3 is 2.28 bits per heavy atom. The fourth-order valence-corrected chi connectivity index (χ4v) is 2.47. The van der Waals surface area contributed by atoms with Crippen molar-refractivity contribution >= 4 is 23.0 Å². The van der Waals surface area contributed by atoms with Crippen molar-refractivity contribution < 1.29 is 15.0 Å². The van der Waals surface area contributed by atoms with Crippen molar-refractivity contribution in [1.29, 1.82) is 0 Å². The third-order valence-electron chi connectivity index (χ3n) is 3.80. The van der Waals surface area contributed by atoms with E-state index in [1.165, 1.54) is 12.1 Å². The van der Waals surface area contributed by atoms with Crippen molar-refractivity contribution in [2.24, 2.45) is 0 Å². The molecule has 3 rings (SSSR count). The van der Waals surface area contributed by atoms with Gasteiger partial charge in [0.2, 0.25) is 0 Å². The van der Waals surface area contributed by atoms with Crippen LogP contribution in [0.2, 0.25) is 0 Å². The maximum Gasteiger partial charge on any atom is 0.255 e. The smallest absolute Gasteiger partial charge is 0.255 e. The number of para-hydroxylation sites is 1. The number of anilines is 3. The molecule has 1 amide bonds. The number of carbonyl (C=O) groups is 1. The van der Waals surface area contributed by atoms with E-state index in [9.17, 15) is 15.0 Å². The minimum Gasteiger partial charge on any atom is -0.507 e. The fraction of sp³-hybridized carbons (Fsp3) is 0. The van der Waals surface area contributed by atoms with Gasteiger partial charge in [-0.1, -0.05) is 18.2 Å². The Morgan fingerprint density at radius 1 is 0.800 bits per heavy atom. The molecule has 25 heavy (non-hydrogen) atoms. The summed E-state index contributed by atoms with van der Waals surface area (Å²) in [6.45, 7) is 0. The number of amides is 1. The van der Waals surface area contributed by atoms with Gasteiger partial charge >= 0.3 is 0 Å². The number of phenols is 2. The van der Waals surface area contributed by atoms with Gasteiger partial charge in [-0.05, 0) is 42.5 Å². The highest BCUT2D eigenvalue weighted by Crippen LogP contribution is 2.33. The zero-order chi connectivity index (χ0) is 18.0. The topological polar surface area (TPSA) is 122 Å². The van der Waals surface area contributed by atoms with E-state index < -0.39 is 0 Å². The van der Waals surface area contributed by atoms with Crippen LogP contribution in [0, 0.1) is 0 Å². The molecule has 0 aliphatic carbocycles. The van der Waals surface area contributed by atoms with Crippen molar-refractivity contribution in [2.75, 3.05) is 16.8 Å². The second-order valence-corrected chi connectivity index (χ2v) is 5.55. The summed E-state index contributed by atoms with van der Waals surface area (Å²) in [5, 5.41) is 22.2. The van der Waals surface area contributed by atoms with E-state index in [0.29, 0.717) is 28.1 Å². The molecule has 0 atom stereocenters. The molecule has 0 saturated heterocycles. The molecule has 126 valence electrons. The molecule has 6 nitrogen and oxygen atoms in total. The number of rotatable bonds is 3. The van der Waals surface area contributed by atoms with Crippen LogP contribution in [-0.2, 0) is 0 Å². The van der Waals surface area contributed by atoms with Gasteiger partial charge in [0.25, 0.3) is 5.91 Å². The lowest BCUT2D eigenvalue weighted by Gasteiger charge is -2.11. The number of hydrogen-bond acceptors (Lipinski definition) is 5. The predicted octanol–water partition coefficient (Wildman–Crippen LogP) is 3.18. The molecular weight excluding hydrogens is 318 g/mol. The van der Waals surface area contributed by atoms with Crippen LogP contribution in [0.5, 0.6) is 11.5 Å². The van der Waals surface area contributed by atoms with Crippen molar-refractivity contribution in [1.82, 2.24) is 0 Å². The molecule has 0 aromatic heterocycles. The Labute approximate surface area is 144 Å². The first-order valence-electron chi connectivity index (χ1n) is 7.53. The zero-order valence-electron chi connectivity index (χ0n) is 13.2. The lowest BCUT2D eigenvalue weighted by Crippen LogP contribution is -2.12. The first kappa shape index (κ1) is 16.2. The summed E-state index contributed by atoms with van der Waals surface area (Å²) in [4.78, 5) is 12.5. The van der Waals surface area contributed by atoms with Gasteiger partial charge in [-0.25, -0.2) is 0 Å². The third-order valence-corrected chi connectivity index (χ3v) is 3.80. The Balaban J connectivity index is 1.92. The van der Waals surface area contributed by atoms with Crippen LogP contribution in [0.25, 0.3) is 11.1 Å². The van der Waals surface area contributed by atoms with Crippen molar-refractivity contribution in [3.05, 3.63) is 66.2 Å². The molecule has 0 aliphatic heterocycles. The molecule has 0 spiro atoms. The lowest BCUT2D eigenvalue weighted by molar-refractivity contribution is 0.102. The second-order valence-electron chi connectivity index (χ2n) is 5.55. The van der Waals surface area contributed by atoms with Crippen LogP contribution < -0.4 is 16.8 Å². The van der Waals surface area contributed by atoms with Crippen LogP contribution in [0.4, 0.5) is 17.1 Å². The molecule has 0 unspecified atom stereocenters. The number of nitrogen functional groups attached to an aromatic ring is 2. The summed E-state index contributed by atoms with van der Waals surface area (Å²) in [7, 11) is 0. The first-order valence-corrected chi connectivity index (χ1v) is 7.53. The molecule has 0 aliphatic rings. The zero-order valence-corrected chi connectivity index (χ0v) is 13.2. The van der Waals surface area contributed by atoms with Crippen LogP contribution in [0.3, 0.4) is 0 Å². The number of carbonyl (C=O) groups excluding carboxylic acids is 1. The second kappa shape index (κ2) is 6.45. The normalized spacial score (nSPS) is 10.4. The van der Waals surface area contributed by atoms with Gasteiger partial charge in [-0.15, -0.1) is 0 Å². The van der Waals surface area contributed by atoms with Gasteiger partial charge in [0.05, 0.1) is 5.69 Å². The van der Waals surface area contributed by atoms with Crippen LogP contribution in [0.1, 0.15) is 10.4 Å². The predicted molar refractivity (Wildman–Crippen MR) is 98.4 cm³/mol. The third kappa shape index (κ3) is 3.32. The fourth-order valence-electron chi connectivity index (χ4n) is 2.47. The summed E-state index contributed by atoms with van der Waals surface area (Å²) in [6, 6.07) is 16.0. The van der Waals surface area contributed by atoms with Gasteiger partial charge in [-0.3, -0.25) is 4.79 Å². The minimum atomic E-state index is -0.359. The summed E-state index contributed by atoms with van der Waals surface area (Å²) in [6.07, 6.45) is 0. The summed E-state index contributed by atoms with van der Waals surface area (Å²) < 4.78 is 0. The highest BCUT2D eigenvalue weighted by molar-refractivity contribution is 6.06. The maximum atomic E-state index is 12.5. The van der Waals surface area contributed by atoms with Crippen LogP contribution in [-0.4, -0.2) is 16.1 Å². The van der Waals surface area contributed by atoms with Gasteiger partial charge < -0.3 is 27.0 Å². The quantitative estimate of drug-likeness (QED) is 0.286. The Bertz CT molecular complexity index is 954. The SMILES string of the molecule is Nc1cc(NC(=O)c2ccc(N)c(-c3ccccc3O)c2)ccc1O. The first-order chi connectivity index (χ1) is 12.0. The van der Waals surface area contributed by atoms with Gasteiger partial charge in [0.1, 0.15) is 11.5 Å². The number of benzene rings is 3. The van der Waals surface area contributed by atoms with E-state index in [-0.39, 0.29) is 23.1 Å². The molecule has 3 aromatic carbocycles. The van der Waals surface area contributed by atoms with Crippen LogP contribution >= 0.6 is 0 Å². The molecule has 7 N–H and O–H groups in total. The van der Waals surface area contributed by atoms with E-state index in [2.05, 4.69) is 5.32 Å². The molecule has 6 heteroatoms. The molecule has 0 saturated carbocycles. The van der Waals surface area contributed by atoms with E-state index >= 15 is 0 Å². The van der Waals surface area contributed by atoms with Gasteiger partial charge in [0.15, 0.2) is 0 Å². The van der Waals surface area contributed by atoms with Gasteiger partial charge in [-0.2, -0.15) is 0 Å².